The molecule has 55 heavy (non-hydrogen) atoms. The SMILES string of the molecule is Cn1nc(NS(C)(=O)=O)c2c(Cl)ccc(-c3cc4c(nc3[C@@H](Cc3cc(F)cc(F)c3)C(C(N)=O)n3nc(C(F)F)c5c3C(F)(F)[C@@H]3C[C@H]53)CCC(=O)N4)c21. The minimum absolute atomic E-state index is 0.00926. The number of nitrogens with two attached hydrogens (primary N) is 1. The molecule has 2 amide bonds. The molecule has 2 aromatic carbocycles. The molecular weight excluding hydrogens is 778 g/mol. The number of primary amides is 1. The maximum absolute atomic E-state index is 16.0. The fraction of sp³-hybridized carbons (Fsp3) is 0.343. The molecule has 1 unspecified atom stereocenters. The summed E-state index contributed by atoms with van der Waals surface area (Å²) in [7, 11) is -2.40. The molecular formula is C35H29ClF6N8O4S. The second-order valence-corrected chi connectivity index (χ2v) is 16.2. The first-order chi connectivity index (χ1) is 25.8. The molecule has 2 aliphatic carbocycles. The van der Waals surface area contributed by atoms with E-state index in [4.69, 9.17) is 22.3 Å². The number of fused-ring (bicyclic) bond motifs is 5. The molecule has 12 nitrogen and oxygen atoms in total. The zero-order chi connectivity index (χ0) is 39.5. The van der Waals surface area contributed by atoms with Crippen LogP contribution in [0.4, 0.5) is 37.8 Å². The molecule has 0 bridgehead atoms. The summed E-state index contributed by atoms with van der Waals surface area (Å²) in [6, 6.07) is 4.95. The number of rotatable bonds is 10. The largest absolute Gasteiger partial charge is 0.368 e. The number of sulfonamides is 1. The molecule has 1 aliphatic heterocycles. The molecule has 0 saturated heterocycles. The lowest BCUT2D eigenvalue weighted by molar-refractivity contribution is -0.122. The lowest BCUT2D eigenvalue weighted by atomic mass is 9.83. The van der Waals surface area contributed by atoms with Gasteiger partial charge in [-0.05, 0) is 48.6 Å². The Morgan fingerprint density at radius 2 is 1.80 bits per heavy atom. The summed E-state index contributed by atoms with van der Waals surface area (Å²) in [5.41, 5.74) is 4.75. The van der Waals surface area contributed by atoms with Crippen LogP contribution in [0.5, 0.6) is 0 Å². The summed E-state index contributed by atoms with van der Waals surface area (Å²) in [5, 5.41) is 11.1. The molecule has 1 fully saturated rings. The third kappa shape index (κ3) is 6.16. The molecule has 0 spiro atoms. The van der Waals surface area contributed by atoms with Crippen molar-refractivity contribution in [3.05, 3.63) is 87.0 Å². The van der Waals surface area contributed by atoms with E-state index < -0.39 is 81.5 Å². The van der Waals surface area contributed by atoms with E-state index in [9.17, 15) is 35.6 Å². The lowest BCUT2D eigenvalue weighted by Gasteiger charge is -2.31. The van der Waals surface area contributed by atoms with Crippen LogP contribution in [0.3, 0.4) is 0 Å². The van der Waals surface area contributed by atoms with Crippen LogP contribution in [0.15, 0.2) is 36.4 Å². The predicted molar refractivity (Wildman–Crippen MR) is 187 cm³/mol. The van der Waals surface area contributed by atoms with Crippen LogP contribution in [0.25, 0.3) is 22.0 Å². The van der Waals surface area contributed by atoms with Gasteiger partial charge in [-0.3, -0.25) is 24.0 Å². The predicted octanol–water partition coefficient (Wildman–Crippen LogP) is 6.22. The van der Waals surface area contributed by atoms with Gasteiger partial charge in [-0.25, -0.2) is 30.7 Å². The molecule has 4 N–H and O–H groups in total. The summed E-state index contributed by atoms with van der Waals surface area (Å²) in [5.74, 6) is -11.2. The Morgan fingerprint density at radius 1 is 1.09 bits per heavy atom. The number of carbonyl (C=O) groups is 2. The third-order valence-electron chi connectivity index (χ3n) is 10.3. The lowest BCUT2D eigenvalue weighted by Crippen LogP contribution is -2.37. The van der Waals surface area contributed by atoms with Crippen LogP contribution < -0.4 is 15.8 Å². The van der Waals surface area contributed by atoms with Crippen molar-refractivity contribution in [1.82, 2.24) is 24.5 Å². The van der Waals surface area contributed by atoms with E-state index in [2.05, 4.69) is 20.2 Å². The standard InChI is InChI=1S/C35H29ClF6N8O4S/c1-49-29-16(3-4-21(36)26(29)34(47-49)48-55(2,53)54)17-12-23-22(5-6-24(51)44-23)45-27(17)19(9-13-7-14(37)10-15(38)8-13)30(33(43)52)50-31-25(28(46-50)32(39)40)18-11-20(18)35(31,41)42/h3-4,7-8,10,12,18-20,30,32H,5-6,9,11H2,1-2H3,(H2,43,52)(H,44,51)(H,47,48)/t18-,19+,20+,30?/m0/s1. The van der Waals surface area contributed by atoms with Gasteiger partial charge in [0.15, 0.2) is 5.82 Å². The van der Waals surface area contributed by atoms with Crippen LogP contribution in [-0.4, -0.2) is 51.0 Å². The van der Waals surface area contributed by atoms with Gasteiger partial charge in [0.2, 0.25) is 21.8 Å². The van der Waals surface area contributed by atoms with Crippen molar-refractivity contribution < 1.29 is 44.3 Å². The molecule has 3 aromatic heterocycles. The van der Waals surface area contributed by atoms with Crippen molar-refractivity contribution in [2.45, 2.75) is 55.9 Å². The van der Waals surface area contributed by atoms with E-state index in [1.807, 2.05) is 0 Å². The van der Waals surface area contributed by atoms with Crippen molar-refractivity contribution >= 4 is 55.8 Å². The zero-order valence-electron chi connectivity index (χ0n) is 28.7. The Hall–Kier alpha value is -5.17. The van der Waals surface area contributed by atoms with Crippen molar-refractivity contribution in [3.8, 4) is 11.1 Å². The average Bonchev–Trinajstić information content (AvgIpc) is 3.61. The van der Waals surface area contributed by atoms with E-state index >= 15 is 8.78 Å². The number of alkyl halides is 4. The van der Waals surface area contributed by atoms with E-state index in [1.165, 1.54) is 29.9 Å². The smallest absolute Gasteiger partial charge is 0.293 e. The monoisotopic (exact) mass is 806 g/mol. The van der Waals surface area contributed by atoms with Gasteiger partial charge in [0.25, 0.3) is 12.3 Å². The number of hydrogen-bond acceptors (Lipinski definition) is 7. The number of hydrogen-bond donors (Lipinski definition) is 3. The Morgan fingerprint density at radius 3 is 2.45 bits per heavy atom. The molecule has 288 valence electrons. The van der Waals surface area contributed by atoms with Gasteiger partial charge in [0.05, 0.1) is 39.3 Å². The van der Waals surface area contributed by atoms with Crippen LogP contribution >= 0.6 is 11.6 Å². The number of pyridine rings is 1. The highest BCUT2D eigenvalue weighted by Crippen LogP contribution is 2.68. The molecule has 0 radical (unpaired) electrons. The van der Waals surface area contributed by atoms with E-state index in [-0.39, 0.29) is 86.2 Å². The summed E-state index contributed by atoms with van der Waals surface area (Å²) in [4.78, 5) is 31.2. The Balaban J connectivity index is 1.44. The highest BCUT2D eigenvalue weighted by molar-refractivity contribution is 7.92. The van der Waals surface area contributed by atoms with E-state index in [0.29, 0.717) is 10.7 Å². The van der Waals surface area contributed by atoms with Gasteiger partial charge >= 0.3 is 0 Å². The van der Waals surface area contributed by atoms with Crippen LogP contribution in [0, 0.1) is 17.6 Å². The minimum Gasteiger partial charge on any atom is -0.368 e. The van der Waals surface area contributed by atoms with Crippen molar-refractivity contribution in [3.63, 3.8) is 0 Å². The van der Waals surface area contributed by atoms with Gasteiger partial charge in [-0.15, -0.1) is 0 Å². The Labute approximate surface area is 313 Å². The average molecular weight is 807 g/mol. The first-order valence-electron chi connectivity index (χ1n) is 16.8. The quantitative estimate of drug-likeness (QED) is 0.141. The Bertz CT molecular complexity index is 2580. The van der Waals surface area contributed by atoms with Gasteiger partial charge in [0, 0.05) is 54.5 Å². The molecule has 8 rings (SSSR count). The fourth-order valence-corrected chi connectivity index (χ4v) is 8.83. The number of benzene rings is 2. The normalized spacial score (nSPS) is 19.5. The first kappa shape index (κ1) is 36.8. The second kappa shape index (κ2) is 12.7. The highest BCUT2D eigenvalue weighted by atomic mass is 35.5. The van der Waals surface area contributed by atoms with Gasteiger partial charge < -0.3 is 11.1 Å². The van der Waals surface area contributed by atoms with Crippen molar-refractivity contribution in [2.75, 3.05) is 16.3 Å². The van der Waals surface area contributed by atoms with Crippen LogP contribution in [-0.2, 0) is 45.4 Å². The maximum atomic E-state index is 16.0. The summed E-state index contributed by atoms with van der Waals surface area (Å²) < 4.78 is 119. The van der Waals surface area contributed by atoms with Gasteiger partial charge in [-0.1, -0.05) is 17.7 Å². The van der Waals surface area contributed by atoms with E-state index in [0.717, 1.165) is 18.4 Å². The molecule has 20 heteroatoms. The maximum Gasteiger partial charge on any atom is 0.293 e. The number of amides is 2. The zero-order valence-corrected chi connectivity index (χ0v) is 30.3. The number of aromatic nitrogens is 5. The number of nitrogens with one attached hydrogen (secondary N) is 2. The second-order valence-electron chi connectivity index (χ2n) is 14.0. The Kier molecular flexibility index (Phi) is 8.49. The topological polar surface area (TPSA) is 167 Å². The molecule has 4 atom stereocenters. The molecule has 4 heterocycles. The van der Waals surface area contributed by atoms with Crippen LogP contribution in [0.2, 0.25) is 5.02 Å². The van der Waals surface area contributed by atoms with Gasteiger partial charge in [-0.2, -0.15) is 19.0 Å². The van der Waals surface area contributed by atoms with Crippen molar-refractivity contribution in [2.24, 2.45) is 18.7 Å². The number of aryl methyl sites for hydroxylation is 2. The van der Waals surface area contributed by atoms with Gasteiger partial charge in [0.1, 0.15) is 29.1 Å². The molecule has 1 saturated carbocycles. The number of carbonyl (C=O) groups excluding carboxylic acids is 2. The number of anilines is 2. The highest BCUT2D eigenvalue weighted by Gasteiger charge is 2.67. The van der Waals surface area contributed by atoms with Crippen molar-refractivity contribution in [1.29, 1.82) is 0 Å². The first-order valence-corrected chi connectivity index (χ1v) is 19.1. The summed E-state index contributed by atoms with van der Waals surface area (Å²) in [6.07, 6.45) is -2.89. The molecule has 5 aromatic rings. The fourth-order valence-electron chi connectivity index (χ4n) is 8.10. The minimum atomic E-state index is -3.88. The van der Waals surface area contributed by atoms with Crippen LogP contribution in [0.1, 0.15) is 71.0 Å². The van der Waals surface area contributed by atoms with E-state index in [1.54, 1.807) is 0 Å². The summed E-state index contributed by atoms with van der Waals surface area (Å²) >= 11 is 6.60. The third-order valence-corrected chi connectivity index (χ3v) is 11.2. The number of nitrogens with zero attached hydrogens (tertiary/aromatic N) is 5. The molecule has 3 aliphatic rings. The number of halogens is 7. The summed E-state index contributed by atoms with van der Waals surface area (Å²) in [6.45, 7) is 0.